The van der Waals surface area contributed by atoms with Crippen LogP contribution in [0.4, 0.5) is 0 Å². The van der Waals surface area contributed by atoms with Crippen molar-refractivity contribution < 1.29 is 17.1 Å². The molecule has 0 fully saturated rings. The molecule has 8 aromatic rings. The van der Waals surface area contributed by atoms with Gasteiger partial charge in [0.25, 0.3) is 0 Å². The zero-order chi connectivity index (χ0) is 47.1. The van der Waals surface area contributed by atoms with Crippen molar-refractivity contribution in [2.24, 2.45) is 9.98 Å². The van der Waals surface area contributed by atoms with Crippen molar-refractivity contribution in [3.63, 3.8) is 0 Å². The fraction of sp³-hybridized carbons (Fsp3) is 0.194. The number of aromatic nitrogens is 2. The summed E-state index contributed by atoms with van der Waals surface area (Å²) >= 11 is 7.37. The third-order valence-corrected chi connectivity index (χ3v) is 15.3. The summed E-state index contributed by atoms with van der Waals surface area (Å²) in [5, 5.41) is 4.72. The zero-order valence-corrected chi connectivity index (χ0v) is 44.3. The Morgan fingerprint density at radius 1 is 0.464 bits per heavy atom. The molecule has 345 valence electrons. The average molecular weight is 1080 g/mol. The van der Waals surface area contributed by atoms with Gasteiger partial charge >= 0.3 is 17.1 Å². The van der Waals surface area contributed by atoms with E-state index in [4.69, 9.17) is 20.0 Å². The molecule has 6 aromatic carbocycles. The number of aliphatic imine (C=N–C) groups is 2. The molecule has 0 saturated carbocycles. The number of hydrogen-bond acceptors (Lipinski definition) is 2. The van der Waals surface area contributed by atoms with Crippen LogP contribution in [0.5, 0.6) is 0 Å². The standard InChI is InChI=1S/2C31H26BrN2.Cu/c2*1-17-13-18(2)28(19(3)14-17)31-26-16-23(32)11-12-25(26)29(34-31)20(4)27-15-22-10-9-21-7-5-6-8-24(21)30(22)33-27;/h2*5-8,11-16H,9-10H2,1-4H3;/q2*-1;+2/b2*27-20-;. The van der Waals surface area contributed by atoms with Gasteiger partial charge in [0.2, 0.25) is 0 Å². The molecule has 12 rings (SSSR count). The van der Waals surface area contributed by atoms with Gasteiger partial charge in [-0.1, -0.05) is 128 Å². The SMILES string of the molecule is C/C(=C1\C=C2CCc3ccccc3C2=N1)c1[n-]c(-c2c(C)cc(C)cc2C)c2cc(Br)ccc12.C/C(=C1\C=C2CCc3ccccc3C2=N1)c1[n-]c(-c2c(C)cc(C)cc2C)c2cc(Br)ccc12.[Cu+2]. The van der Waals surface area contributed by atoms with Crippen LogP contribution in [0.2, 0.25) is 0 Å². The van der Waals surface area contributed by atoms with Gasteiger partial charge in [-0.15, -0.1) is 22.8 Å². The fourth-order valence-electron chi connectivity index (χ4n) is 11.2. The Labute approximate surface area is 433 Å². The van der Waals surface area contributed by atoms with Crippen molar-refractivity contribution in [1.29, 1.82) is 0 Å². The van der Waals surface area contributed by atoms with Crippen LogP contribution in [0.1, 0.15) is 93.7 Å². The molecular weight excluding hydrogens is 1020 g/mol. The number of rotatable bonds is 4. The van der Waals surface area contributed by atoms with Gasteiger partial charge in [0.1, 0.15) is 0 Å². The summed E-state index contributed by atoms with van der Waals surface area (Å²) in [6, 6.07) is 39.3. The van der Waals surface area contributed by atoms with E-state index in [0.717, 1.165) is 91.4 Å². The molecule has 4 heterocycles. The van der Waals surface area contributed by atoms with E-state index in [0.29, 0.717) is 0 Å². The van der Waals surface area contributed by atoms with E-state index < -0.39 is 0 Å². The first-order chi connectivity index (χ1) is 32.8. The Kier molecular flexibility index (Phi) is 12.6. The zero-order valence-electron chi connectivity index (χ0n) is 40.2. The van der Waals surface area contributed by atoms with Gasteiger partial charge < -0.3 is 9.97 Å². The third kappa shape index (κ3) is 8.35. The second-order valence-corrected chi connectivity index (χ2v) is 21.0. The van der Waals surface area contributed by atoms with E-state index in [1.807, 2.05) is 0 Å². The number of halogens is 2. The Hall–Kier alpha value is -5.82. The minimum absolute atomic E-state index is 0. The van der Waals surface area contributed by atoms with Gasteiger partial charge in [0, 0.05) is 20.1 Å². The molecule has 2 aliphatic carbocycles. The van der Waals surface area contributed by atoms with Crippen molar-refractivity contribution in [2.45, 2.75) is 81.1 Å². The van der Waals surface area contributed by atoms with Crippen molar-refractivity contribution >= 4 is 76.0 Å². The summed E-state index contributed by atoms with van der Waals surface area (Å²) < 4.78 is 2.14. The van der Waals surface area contributed by atoms with E-state index in [2.05, 4.69) is 209 Å². The number of benzene rings is 6. The minimum atomic E-state index is 0. The molecule has 0 unspecified atom stereocenters. The predicted octanol–water partition coefficient (Wildman–Crippen LogP) is 16.5. The molecule has 69 heavy (non-hydrogen) atoms. The van der Waals surface area contributed by atoms with Crippen LogP contribution in [0, 0.1) is 41.5 Å². The molecule has 0 N–H and O–H groups in total. The van der Waals surface area contributed by atoms with Crippen LogP contribution in [-0.4, -0.2) is 11.4 Å². The number of hydrogen-bond donors (Lipinski definition) is 0. The number of nitrogens with zero attached hydrogens (tertiary/aromatic N) is 4. The first-order valence-corrected chi connectivity index (χ1v) is 25.3. The summed E-state index contributed by atoms with van der Waals surface area (Å²) in [6.45, 7) is 17.4. The van der Waals surface area contributed by atoms with Gasteiger partial charge in [-0.2, -0.15) is 0 Å². The average Bonchev–Trinajstić information content (AvgIpc) is 4.12. The van der Waals surface area contributed by atoms with E-state index in [1.165, 1.54) is 99.5 Å². The molecule has 1 radical (unpaired) electrons. The summed E-state index contributed by atoms with van der Waals surface area (Å²) in [5.41, 5.74) is 28.9. The predicted molar refractivity (Wildman–Crippen MR) is 293 cm³/mol. The molecule has 0 amide bonds. The van der Waals surface area contributed by atoms with Gasteiger partial charge in [-0.3, -0.25) is 0 Å². The maximum atomic E-state index is 5.28. The van der Waals surface area contributed by atoms with Crippen LogP contribution in [-0.2, 0) is 29.9 Å². The molecule has 2 aromatic heterocycles. The van der Waals surface area contributed by atoms with Crippen LogP contribution in [0.3, 0.4) is 0 Å². The second-order valence-electron chi connectivity index (χ2n) is 19.1. The number of fused-ring (bicyclic) bond motifs is 8. The Bertz CT molecular complexity index is 3390. The molecule has 4 nitrogen and oxygen atoms in total. The Morgan fingerprint density at radius 3 is 1.23 bits per heavy atom. The van der Waals surface area contributed by atoms with Crippen LogP contribution < -0.4 is 9.97 Å². The topological polar surface area (TPSA) is 52.9 Å². The summed E-state index contributed by atoms with van der Waals surface area (Å²) in [5.74, 6) is 0. The molecule has 2 aliphatic heterocycles. The van der Waals surface area contributed by atoms with Gasteiger partial charge in [-0.25, -0.2) is 9.98 Å². The molecule has 0 saturated heterocycles. The normalized spacial score (nSPS) is 16.0. The van der Waals surface area contributed by atoms with E-state index in [-0.39, 0.29) is 17.1 Å². The Morgan fingerprint density at radius 2 is 0.841 bits per heavy atom. The van der Waals surface area contributed by atoms with E-state index >= 15 is 0 Å². The quantitative estimate of drug-likeness (QED) is 0.165. The maximum Gasteiger partial charge on any atom is 2.00 e. The fourth-order valence-corrected chi connectivity index (χ4v) is 12.0. The van der Waals surface area contributed by atoms with Crippen molar-refractivity contribution in [2.75, 3.05) is 0 Å². The first kappa shape index (κ1) is 46.9. The first-order valence-electron chi connectivity index (χ1n) is 23.7. The van der Waals surface area contributed by atoms with E-state index in [1.54, 1.807) is 0 Å². The monoisotopic (exact) mass is 1070 g/mol. The van der Waals surface area contributed by atoms with Crippen molar-refractivity contribution in [3.05, 3.63) is 220 Å². The van der Waals surface area contributed by atoms with Crippen molar-refractivity contribution in [1.82, 2.24) is 9.97 Å². The van der Waals surface area contributed by atoms with Gasteiger partial charge in [0.05, 0.1) is 22.8 Å². The Balaban J connectivity index is 0.000000158. The third-order valence-electron chi connectivity index (χ3n) is 14.3. The van der Waals surface area contributed by atoms with Crippen LogP contribution in [0.15, 0.2) is 163 Å². The van der Waals surface area contributed by atoms with E-state index in [9.17, 15) is 0 Å². The van der Waals surface area contributed by atoms with Gasteiger partial charge in [-0.05, 0) is 206 Å². The second kappa shape index (κ2) is 18.5. The van der Waals surface area contributed by atoms with Gasteiger partial charge in [0.15, 0.2) is 0 Å². The summed E-state index contributed by atoms with van der Waals surface area (Å²) in [6.07, 6.45) is 8.80. The summed E-state index contributed by atoms with van der Waals surface area (Å²) in [7, 11) is 0. The number of aryl methyl sites for hydroxylation is 8. The molecule has 0 spiro atoms. The van der Waals surface area contributed by atoms with Crippen LogP contribution in [0.25, 0.3) is 55.2 Å². The molecule has 7 heteroatoms. The molecule has 0 atom stereocenters. The van der Waals surface area contributed by atoms with Crippen LogP contribution >= 0.6 is 31.9 Å². The largest absolute Gasteiger partial charge is 2.00 e. The molecular formula is C62H52Br2CuN4. The number of allylic oxidation sites excluding steroid dienone is 6. The van der Waals surface area contributed by atoms with Crippen molar-refractivity contribution in [3.8, 4) is 22.5 Å². The minimum Gasteiger partial charge on any atom is -0.656 e. The summed E-state index contributed by atoms with van der Waals surface area (Å²) in [4.78, 5) is 20.8. The molecule has 4 aliphatic rings. The smallest absolute Gasteiger partial charge is 0.656 e. The molecule has 0 bridgehead atoms. The maximum absolute atomic E-state index is 5.28.